The summed E-state index contributed by atoms with van der Waals surface area (Å²) in [6.07, 6.45) is 0. The van der Waals surface area contributed by atoms with E-state index < -0.39 is 0 Å². The molecule has 7 heteroatoms. The van der Waals surface area contributed by atoms with Crippen LogP contribution in [0.15, 0.2) is 69.9 Å². The Morgan fingerprint density at radius 3 is 2.06 bits per heavy atom. The van der Waals surface area contributed by atoms with E-state index in [-0.39, 0.29) is 17.5 Å². The quantitative estimate of drug-likeness (QED) is 0.354. The van der Waals surface area contributed by atoms with Crippen LogP contribution in [0, 0.1) is 6.92 Å². The lowest BCUT2D eigenvalue weighted by molar-refractivity contribution is 0.516. The number of fused-ring (bicyclic) bond motifs is 3. The molecule has 2 atom stereocenters. The van der Waals surface area contributed by atoms with E-state index >= 15 is 0 Å². The minimum absolute atomic E-state index is 0.247. The number of rotatable bonds is 3. The first-order chi connectivity index (χ1) is 17.0. The Labute approximate surface area is 200 Å². The van der Waals surface area contributed by atoms with Gasteiger partial charge >= 0.3 is 5.63 Å². The van der Waals surface area contributed by atoms with E-state index in [1.165, 1.54) is 0 Å². The normalized spacial score (nSPS) is 17.1. The van der Waals surface area contributed by atoms with Crippen molar-refractivity contribution in [2.75, 3.05) is 19.0 Å². The van der Waals surface area contributed by atoms with Gasteiger partial charge in [0.1, 0.15) is 17.2 Å². The molecule has 0 fully saturated rings. The van der Waals surface area contributed by atoms with Gasteiger partial charge in [-0.3, -0.25) is 0 Å². The summed E-state index contributed by atoms with van der Waals surface area (Å²) in [6.45, 7) is 2.01. The maximum atomic E-state index is 13.5. The third-order valence-electron chi connectivity index (χ3n) is 7.22. The second-order valence-electron chi connectivity index (χ2n) is 9.46. The Bertz CT molecular complexity index is 1780. The van der Waals surface area contributed by atoms with Crippen molar-refractivity contribution in [3.63, 3.8) is 0 Å². The van der Waals surface area contributed by atoms with Gasteiger partial charge in [0.2, 0.25) is 0 Å². The van der Waals surface area contributed by atoms with Crippen LogP contribution in [0.5, 0.6) is 0 Å². The van der Waals surface area contributed by atoms with E-state index in [0.717, 1.165) is 55.9 Å². The molecule has 2 bridgehead atoms. The Balaban J connectivity index is 1.60. The largest absolute Gasteiger partial charge is 0.422 e. The number of benzene rings is 3. The predicted molar refractivity (Wildman–Crippen MR) is 137 cm³/mol. The number of hydrogen-bond acceptors (Lipinski definition) is 5. The number of nitrogens with zero attached hydrogens (tertiary/aromatic N) is 3. The number of aromatic nitrogens is 4. The number of hydrogen-bond donors (Lipinski definition) is 2. The molecular weight excluding hydrogens is 438 g/mol. The van der Waals surface area contributed by atoms with Gasteiger partial charge in [-0.25, -0.2) is 14.8 Å². The van der Waals surface area contributed by atoms with Gasteiger partial charge in [-0.15, -0.1) is 0 Å². The van der Waals surface area contributed by atoms with Crippen molar-refractivity contribution >= 4 is 38.7 Å². The van der Waals surface area contributed by atoms with Crippen molar-refractivity contribution in [3.05, 3.63) is 99.4 Å². The van der Waals surface area contributed by atoms with Gasteiger partial charge in [0, 0.05) is 31.2 Å². The van der Waals surface area contributed by atoms with Gasteiger partial charge in [-0.1, -0.05) is 24.3 Å². The first-order valence-electron chi connectivity index (χ1n) is 11.7. The average molecular weight is 462 g/mol. The van der Waals surface area contributed by atoms with Gasteiger partial charge in [0.25, 0.3) is 0 Å². The molecule has 6 aromatic rings. The number of aryl methyl sites for hydroxylation is 1. The van der Waals surface area contributed by atoms with E-state index in [2.05, 4.69) is 16.0 Å². The highest BCUT2D eigenvalue weighted by atomic mass is 16.4. The third-order valence-corrected chi connectivity index (χ3v) is 7.22. The summed E-state index contributed by atoms with van der Waals surface area (Å²) in [7, 11) is 3.98. The summed E-state index contributed by atoms with van der Waals surface area (Å²) >= 11 is 0. The van der Waals surface area contributed by atoms with Crippen molar-refractivity contribution in [1.82, 2.24) is 19.9 Å². The molecule has 0 saturated heterocycles. The van der Waals surface area contributed by atoms with Gasteiger partial charge in [-0.05, 0) is 48.4 Å². The maximum absolute atomic E-state index is 13.5. The van der Waals surface area contributed by atoms with Crippen molar-refractivity contribution in [2.24, 2.45) is 0 Å². The monoisotopic (exact) mass is 461 g/mol. The fourth-order valence-electron chi connectivity index (χ4n) is 5.60. The molecular formula is C28H23N5O2. The number of para-hydroxylation sites is 4. The van der Waals surface area contributed by atoms with Crippen LogP contribution >= 0.6 is 0 Å². The molecule has 0 aliphatic heterocycles. The molecule has 1 aliphatic carbocycles. The van der Waals surface area contributed by atoms with Crippen LogP contribution in [0.4, 0.5) is 5.69 Å². The van der Waals surface area contributed by atoms with Gasteiger partial charge in [0.05, 0.1) is 39.5 Å². The van der Waals surface area contributed by atoms with Crippen LogP contribution in [-0.4, -0.2) is 34.0 Å². The fraction of sp³-hybridized carbons (Fsp3) is 0.179. The fourth-order valence-corrected chi connectivity index (χ4v) is 5.60. The summed E-state index contributed by atoms with van der Waals surface area (Å²) in [4.78, 5) is 32.5. The standard InChI is InChI=1S/C28H23N5O2/c1-14-22-16-12-15(33(2)3)13-21(22)35-28(34)23(14)25(27-31-19-10-6-7-11-20(19)32-27)24(16)26-29-17-8-4-5-9-18(17)30-26/h4-13,24-25H,1-3H3,(H,29,30)(H,31,32). The SMILES string of the molecule is Cc1c2c(=O)oc3cc(N(C)C)cc(c13)C(c1nc3ccccc3[nH]1)C2c1nc2ccccc2[nH]1. The average Bonchev–Trinajstić information content (AvgIpc) is 3.46. The van der Waals surface area contributed by atoms with Crippen molar-refractivity contribution in [2.45, 2.75) is 18.8 Å². The summed E-state index contributed by atoms with van der Waals surface area (Å²) in [6, 6.07) is 20.0. The van der Waals surface area contributed by atoms with E-state index in [1.54, 1.807) is 0 Å². The summed E-state index contributed by atoms with van der Waals surface area (Å²) in [5.74, 6) is 0.906. The van der Waals surface area contributed by atoms with Crippen molar-refractivity contribution < 1.29 is 4.42 Å². The molecule has 2 N–H and O–H groups in total. The van der Waals surface area contributed by atoms with Crippen molar-refractivity contribution in [1.29, 1.82) is 0 Å². The highest BCUT2D eigenvalue weighted by Crippen LogP contribution is 2.50. The Morgan fingerprint density at radius 2 is 1.46 bits per heavy atom. The molecule has 7 nitrogen and oxygen atoms in total. The Hall–Kier alpha value is -4.39. The minimum Gasteiger partial charge on any atom is -0.422 e. The summed E-state index contributed by atoms with van der Waals surface area (Å²) < 4.78 is 5.91. The number of imidazole rings is 2. The lowest BCUT2D eigenvalue weighted by atomic mass is 9.73. The number of aromatic amines is 2. The van der Waals surface area contributed by atoms with Crippen LogP contribution < -0.4 is 10.5 Å². The second-order valence-corrected chi connectivity index (χ2v) is 9.46. The number of nitrogens with one attached hydrogen (secondary N) is 2. The first kappa shape index (κ1) is 20.0. The molecule has 3 heterocycles. The highest BCUT2D eigenvalue weighted by Gasteiger charge is 2.41. The van der Waals surface area contributed by atoms with Crippen molar-refractivity contribution in [3.8, 4) is 0 Å². The lowest BCUT2D eigenvalue weighted by Gasteiger charge is -2.32. The first-order valence-corrected chi connectivity index (χ1v) is 11.7. The predicted octanol–water partition coefficient (Wildman–Crippen LogP) is 5.20. The maximum Gasteiger partial charge on any atom is 0.340 e. The molecule has 0 radical (unpaired) electrons. The van der Waals surface area contributed by atoms with E-state index in [4.69, 9.17) is 14.4 Å². The molecule has 172 valence electrons. The van der Waals surface area contributed by atoms with E-state index in [0.29, 0.717) is 11.1 Å². The second kappa shape index (κ2) is 7.06. The van der Waals surface area contributed by atoms with Crippen LogP contribution in [0.2, 0.25) is 0 Å². The highest BCUT2D eigenvalue weighted by molar-refractivity contribution is 5.91. The topological polar surface area (TPSA) is 90.8 Å². The molecule has 0 spiro atoms. The molecule has 35 heavy (non-hydrogen) atoms. The van der Waals surface area contributed by atoms with E-state index in [9.17, 15) is 4.79 Å². The molecule has 0 saturated carbocycles. The minimum atomic E-state index is -0.381. The zero-order valence-electron chi connectivity index (χ0n) is 19.6. The van der Waals surface area contributed by atoms with Crippen LogP contribution in [0.1, 0.15) is 40.2 Å². The van der Waals surface area contributed by atoms with E-state index in [1.807, 2.05) is 80.5 Å². The van der Waals surface area contributed by atoms with Gasteiger partial charge < -0.3 is 19.3 Å². The summed E-state index contributed by atoms with van der Waals surface area (Å²) in [5.41, 5.74) is 7.53. The molecule has 7 rings (SSSR count). The van der Waals surface area contributed by atoms with Crippen LogP contribution in [0.3, 0.4) is 0 Å². The molecule has 1 aliphatic rings. The number of anilines is 1. The third kappa shape index (κ3) is 2.81. The Morgan fingerprint density at radius 1 is 0.857 bits per heavy atom. The molecule has 0 amide bonds. The van der Waals surface area contributed by atoms with Gasteiger partial charge in [0.15, 0.2) is 0 Å². The molecule has 3 aromatic heterocycles. The molecule has 3 aromatic carbocycles. The Kier molecular flexibility index (Phi) is 4.04. The zero-order chi connectivity index (χ0) is 23.8. The van der Waals surface area contributed by atoms with Crippen LogP contribution in [-0.2, 0) is 0 Å². The molecule has 2 unspecified atom stereocenters. The smallest absolute Gasteiger partial charge is 0.340 e. The summed E-state index contributed by atoms with van der Waals surface area (Å²) in [5, 5.41) is 0.975. The zero-order valence-corrected chi connectivity index (χ0v) is 19.6. The van der Waals surface area contributed by atoms with Crippen LogP contribution in [0.25, 0.3) is 33.0 Å². The lowest BCUT2D eigenvalue weighted by Crippen LogP contribution is -2.28. The van der Waals surface area contributed by atoms with Gasteiger partial charge in [-0.2, -0.15) is 0 Å². The number of H-pyrrole nitrogens is 2.